The van der Waals surface area contributed by atoms with Gasteiger partial charge in [-0.25, -0.2) is 8.78 Å². The lowest BCUT2D eigenvalue weighted by atomic mass is 9.48. The largest absolute Gasteiger partial charge is 0.388 e. The number of hydrogen-bond donors (Lipinski definition) is 2. The van der Waals surface area contributed by atoms with Crippen LogP contribution in [0.2, 0.25) is 0 Å². The summed E-state index contributed by atoms with van der Waals surface area (Å²) in [5.74, 6) is -2.23. The number of halogens is 2. The summed E-state index contributed by atoms with van der Waals surface area (Å²) >= 11 is 0. The van der Waals surface area contributed by atoms with Crippen molar-refractivity contribution in [1.29, 1.82) is 0 Å². The van der Waals surface area contributed by atoms with Gasteiger partial charge in [-0.05, 0) is 55.9 Å². The minimum absolute atomic E-state index is 0.104. The number of carbonyl (C=O) groups excluding carboxylic acids is 2. The molecule has 0 aromatic rings. The number of fused-ring (bicyclic) bond motifs is 5. The van der Waals surface area contributed by atoms with Gasteiger partial charge < -0.3 is 10.2 Å². The molecule has 2 saturated carbocycles. The minimum atomic E-state index is -1.92. The van der Waals surface area contributed by atoms with Gasteiger partial charge in [0.05, 0.1) is 0 Å². The molecular weight excluding hydrogens is 354 g/mol. The smallest absolute Gasteiger partial charge is 0.190 e. The lowest BCUT2D eigenvalue weighted by molar-refractivity contribution is -0.155. The van der Waals surface area contributed by atoms with Crippen LogP contribution in [-0.4, -0.2) is 45.8 Å². The van der Waals surface area contributed by atoms with E-state index in [1.807, 2.05) is 0 Å². The number of carbonyl (C=O) groups is 2. The Labute approximate surface area is 156 Å². The predicted octanol–water partition coefficient (Wildman–Crippen LogP) is 2.40. The van der Waals surface area contributed by atoms with E-state index in [4.69, 9.17) is 0 Å². The highest BCUT2D eigenvalue weighted by atomic mass is 19.1. The highest BCUT2D eigenvalue weighted by Crippen LogP contribution is 2.67. The van der Waals surface area contributed by atoms with Gasteiger partial charge >= 0.3 is 0 Å². The average Bonchev–Trinajstić information content (AvgIpc) is 2.91. The lowest BCUT2D eigenvalue weighted by Crippen LogP contribution is -2.62. The van der Waals surface area contributed by atoms with Crippen LogP contribution in [0.4, 0.5) is 8.78 Å². The highest BCUT2D eigenvalue weighted by molar-refractivity contribution is 6.01. The summed E-state index contributed by atoms with van der Waals surface area (Å²) in [6.45, 7) is 2.50. The SMILES string of the molecule is C[C@]12C=CC(=O)C=C1C(F)C[C@H]1[C@@H]3CC[C@](O)(C(=O)CO)[C@@]3(C)C=C[C@@]12F. The van der Waals surface area contributed by atoms with Crippen LogP contribution in [0, 0.1) is 22.7 Å². The number of allylic oxidation sites excluding steroid dienone is 5. The molecule has 146 valence electrons. The zero-order valence-corrected chi connectivity index (χ0v) is 15.4. The molecule has 0 aliphatic heterocycles. The molecule has 6 heteroatoms. The Morgan fingerprint density at radius 1 is 1.26 bits per heavy atom. The van der Waals surface area contributed by atoms with Gasteiger partial charge in [-0.3, -0.25) is 9.59 Å². The molecule has 0 saturated heterocycles. The van der Waals surface area contributed by atoms with Crippen molar-refractivity contribution in [2.45, 2.75) is 50.6 Å². The van der Waals surface area contributed by atoms with Crippen LogP contribution in [0.3, 0.4) is 0 Å². The summed E-state index contributed by atoms with van der Waals surface area (Å²) < 4.78 is 31.6. The molecule has 4 aliphatic carbocycles. The number of Topliss-reactive ketones (excluding diaryl/α,β-unsaturated/α-hetero) is 1. The molecule has 7 atom stereocenters. The molecular formula is C21H24F2O4. The number of aliphatic hydroxyl groups excluding tert-OH is 1. The van der Waals surface area contributed by atoms with Crippen LogP contribution in [0.25, 0.3) is 0 Å². The van der Waals surface area contributed by atoms with E-state index in [-0.39, 0.29) is 24.2 Å². The van der Waals surface area contributed by atoms with Crippen LogP contribution in [0.15, 0.2) is 36.0 Å². The second-order valence-corrected chi connectivity index (χ2v) is 8.82. The number of hydrogen-bond acceptors (Lipinski definition) is 4. The zero-order chi connectivity index (χ0) is 19.8. The highest BCUT2D eigenvalue weighted by Gasteiger charge is 2.70. The van der Waals surface area contributed by atoms with E-state index in [0.29, 0.717) is 6.42 Å². The first kappa shape index (κ1) is 18.7. The van der Waals surface area contributed by atoms with Crippen LogP contribution < -0.4 is 0 Å². The topological polar surface area (TPSA) is 74.6 Å². The van der Waals surface area contributed by atoms with Crippen molar-refractivity contribution in [3.63, 3.8) is 0 Å². The average molecular weight is 378 g/mol. The van der Waals surface area contributed by atoms with Crippen LogP contribution in [0.1, 0.15) is 33.1 Å². The predicted molar refractivity (Wildman–Crippen MR) is 94.2 cm³/mol. The van der Waals surface area contributed by atoms with Gasteiger partial charge in [0.25, 0.3) is 0 Å². The molecule has 2 fully saturated rings. The number of aliphatic hydroxyl groups is 2. The van der Waals surface area contributed by atoms with Crippen LogP contribution >= 0.6 is 0 Å². The Kier molecular flexibility index (Phi) is 3.77. The fraction of sp³-hybridized carbons (Fsp3) is 0.619. The Hall–Kier alpha value is -1.66. The fourth-order valence-electron chi connectivity index (χ4n) is 6.11. The number of alkyl halides is 2. The lowest BCUT2D eigenvalue weighted by Gasteiger charge is -2.58. The standard InChI is InChI=1S/C21H24F2O4/c1-18-5-3-12(25)9-15(18)16(22)10-14-13-4-6-21(27,17(26)11-24)19(13,2)7-8-20(14,18)23/h3,5,7-9,13-14,16,24,27H,4,6,10-11H2,1-2H3/t13-,14-,16?,18-,19-,20+,21-/m0/s1. The summed E-state index contributed by atoms with van der Waals surface area (Å²) in [5, 5.41) is 20.3. The van der Waals surface area contributed by atoms with Gasteiger partial charge in [0.15, 0.2) is 11.6 Å². The van der Waals surface area contributed by atoms with E-state index in [9.17, 15) is 19.8 Å². The van der Waals surface area contributed by atoms with E-state index >= 15 is 8.78 Å². The first-order chi connectivity index (χ1) is 12.5. The molecule has 4 nitrogen and oxygen atoms in total. The Morgan fingerprint density at radius 3 is 2.63 bits per heavy atom. The molecule has 4 rings (SSSR count). The molecule has 4 aliphatic rings. The molecule has 0 bridgehead atoms. The maximum atomic E-state index is 16.5. The van der Waals surface area contributed by atoms with E-state index in [2.05, 4.69) is 0 Å². The zero-order valence-electron chi connectivity index (χ0n) is 15.4. The van der Waals surface area contributed by atoms with Crippen molar-refractivity contribution in [3.8, 4) is 0 Å². The molecule has 0 aromatic heterocycles. The molecule has 0 spiro atoms. The van der Waals surface area contributed by atoms with Gasteiger partial charge in [0, 0.05) is 16.7 Å². The first-order valence-electron chi connectivity index (χ1n) is 9.39. The molecule has 2 N–H and O–H groups in total. The molecule has 0 radical (unpaired) electrons. The normalized spacial score (nSPS) is 50.7. The summed E-state index contributed by atoms with van der Waals surface area (Å²) in [5.41, 5.74) is -5.91. The molecule has 27 heavy (non-hydrogen) atoms. The summed E-state index contributed by atoms with van der Waals surface area (Å²) in [4.78, 5) is 24.0. The van der Waals surface area contributed by atoms with Crippen molar-refractivity contribution in [1.82, 2.24) is 0 Å². The maximum Gasteiger partial charge on any atom is 0.190 e. The van der Waals surface area contributed by atoms with E-state index < -0.39 is 52.5 Å². The quantitative estimate of drug-likeness (QED) is 0.724. The van der Waals surface area contributed by atoms with Crippen LogP contribution in [0.5, 0.6) is 0 Å². The van der Waals surface area contributed by atoms with Crippen LogP contribution in [-0.2, 0) is 9.59 Å². The third-order valence-electron chi connectivity index (χ3n) is 7.85. The monoisotopic (exact) mass is 378 g/mol. The molecule has 0 heterocycles. The van der Waals surface area contributed by atoms with Gasteiger partial charge in [-0.1, -0.05) is 19.1 Å². The van der Waals surface area contributed by atoms with Gasteiger partial charge in [-0.15, -0.1) is 0 Å². The molecule has 0 amide bonds. The molecule has 1 unspecified atom stereocenters. The number of ketones is 2. The Morgan fingerprint density at radius 2 is 1.96 bits per heavy atom. The summed E-state index contributed by atoms with van der Waals surface area (Å²) in [7, 11) is 0. The summed E-state index contributed by atoms with van der Waals surface area (Å²) in [6.07, 6.45) is 5.74. The Balaban J connectivity index is 1.86. The van der Waals surface area contributed by atoms with Crippen molar-refractivity contribution in [2.24, 2.45) is 22.7 Å². The Bertz CT molecular complexity index is 817. The van der Waals surface area contributed by atoms with Crippen molar-refractivity contribution < 1.29 is 28.6 Å². The first-order valence-corrected chi connectivity index (χ1v) is 9.39. The maximum absolute atomic E-state index is 16.5. The van der Waals surface area contributed by atoms with Crippen molar-refractivity contribution in [3.05, 3.63) is 36.0 Å². The van der Waals surface area contributed by atoms with Gasteiger partial charge in [0.2, 0.25) is 0 Å². The fourth-order valence-corrected chi connectivity index (χ4v) is 6.11. The third-order valence-corrected chi connectivity index (χ3v) is 7.85. The third kappa shape index (κ3) is 2.03. The second-order valence-electron chi connectivity index (χ2n) is 8.82. The summed E-state index contributed by atoms with van der Waals surface area (Å²) in [6, 6.07) is 0. The van der Waals surface area contributed by atoms with Gasteiger partial charge in [-0.2, -0.15) is 0 Å². The minimum Gasteiger partial charge on any atom is -0.388 e. The van der Waals surface area contributed by atoms with Crippen molar-refractivity contribution in [2.75, 3.05) is 6.61 Å². The van der Waals surface area contributed by atoms with E-state index in [1.54, 1.807) is 19.9 Å². The van der Waals surface area contributed by atoms with Crippen molar-refractivity contribution >= 4 is 11.6 Å². The van der Waals surface area contributed by atoms with Gasteiger partial charge in [0.1, 0.15) is 24.0 Å². The van der Waals surface area contributed by atoms with E-state index in [0.717, 1.165) is 0 Å². The number of rotatable bonds is 2. The van der Waals surface area contributed by atoms with E-state index in [1.165, 1.54) is 24.3 Å². The molecule has 0 aromatic carbocycles. The second kappa shape index (κ2) is 5.45.